The molecular formula is C14H22N2O2. The lowest BCUT2D eigenvalue weighted by Gasteiger charge is -2.25. The number of nitrogens with two attached hydrogens (primary N) is 1. The maximum atomic E-state index is 12.4. The molecule has 0 saturated carbocycles. The molecule has 0 aliphatic rings. The first-order chi connectivity index (χ1) is 8.74. The van der Waals surface area contributed by atoms with Crippen LogP contribution in [0.2, 0.25) is 0 Å². The van der Waals surface area contributed by atoms with Crippen LogP contribution in [-0.4, -0.2) is 42.2 Å². The first-order valence-electron chi connectivity index (χ1n) is 6.39. The normalized spacial score (nSPS) is 12.2. The zero-order valence-electron chi connectivity index (χ0n) is 10.9. The number of benzene rings is 1. The topological polar surface area (TPSA) is 66.6 Å². The highest BCUT2D eigenvalue weighted by Crippen LogP contribution is 2.17. The van der Waals surface area contributed by atoms with E-state index in [1.807, 2.05) is 37.3 Å². The summed E-state index contributed by atoms with van der Waals surface area (Å²) in [4.78, 5) is 14.1. The van der Waals surface area contributed by atoms with Crippen molar-refractivity contribution in [2.24, 2.45) is 5.73 Å². The summed E-state index contributed by atoms with van der Waals surface area (Å²) in [7, 11) is 0. The van der Waals surface area contributed by atoms with Crippen LogP contribution in [0.5, 0.6) is 0 Å². The fraction of sp³-hybridized carbons (Fsp3) is 0.500. The highest BCUT2D eigenvalue weighted by Gasteiger charge is 2.23. The number of aliphatic hydroxyl groups excluding tert-OH is 1. The third-order valence-corrected chi connectivity index (χ3v) is 3.02. The molecule has 1 rings (SSSR count). The summed E-state index contributed by atoms with van der Waals surface area (Å²) in [6, 6.07) is 9.60. The molecule has 0 bridgehead atoms. The van der Waals surface area contributed by atoms with Gasteiger partial charge in [0.15, 0.2) is 0 Å². The van der Waals surface area contributed by atoms with Gasteiger partial charge in [0.05, 0.1) is 5.92 Å². The molecule has 1 aromatic rings. The third kappa shape index (κ3) is 3.82. The van der Waals surface area contributed by atoms with Gasteiger partial charge >= 0.3 is 0 Å². The van der Waals surface area contributed by atoms with Crippen LogP contribution in [-0.2, 0) is 4.79 Å². The molecule has 3 N–H and O–H groups in total. The molecule has 100 valence electrons. The number of amides is 1. The van der Waals surface area contributed by atoms with E-state index in [1.165, 1.54) is 0 Å². The summed E-state index contributed by atoms with van der Waals surface area (Å²) in [5, 5.41) is 8.84. The van der Waals surface area contributed by atoms with E-state index in [-0.39, 0.29) is 18.4 Å². The molecular weight excluding hydrogens is 228 g/mol. The average molecular weight is 250 g/mol. The van der Waals surface area contributed by atoms with E-state index in [9.17, 15) is 4.79 Å². The van der Waals surface area contributed by atoms with E-state index in [0.29, 0.717) is 26.1 Å². The zero-order chi connectivity index (χ0) is 13.4. The Kier molecular flexibility index (Phi) is 6.39. The number of rotatable bonds is 7. The number of nitrogens with zero attached hydrogens (tertiary/aromatic N) is 1. The zero-order valence-corrected chi connectivity index (χ0v) is 10.9. The van der Waals surface area contributed by atoms with Crippen LogP contribution >= 0.6 is 0 Å². The van der Waals surface area contributed by atoms with E-state index in [2.05, 4.69) is 0 Å². The van der Waals surface area contributed by atoms with Crippen molar-refractivity contribution in [1.82, 2.24) is 4.90 Å². The van der Waals surface area contributed by atoms with Crippen LogP contribution in [0.15, 0.2) is 30.3 Å². The Balaban J connectivity index is 2.78. The summed E-state index contributed by atoms with van der Waals surface area (Å²) >= 11 is 0. The molecule has 1 unspecified atom stereocenters. The Morgan fingerprint density at radius 1 is 1.39 bits per heavy atom. The minimum Gasteiger partial charge on any atom is -0.396 e. The van der Waals surface area contributed by atoms with Crippen LogP contribution in [0.3, 0.4) is 0 Å². The monoisotopic (exact) mass is 250 g/mol. The fourth-order valence-corrected chi connectivity index (χ4v) is 1.97. The second kappa shape index (κ2) is 7.84. The van der Waals surface area contributed by atoms with Gasteiger partial charge in [-0.2, -0.15) is 0 Å². The van der Waals surface area contributed by atoms with E-state index < -0.39 is 0 Å². The highest BCUT2D eigenvalue weighted by molar-refractivity contribution is 5.84. The van der Waals surface area contributed by atoms with Gasteiger partial charge in [-0.25, -0.2) is 0 Å². The first kappa shape index (κ1) is 14.7. The van der Waals surface area contributed by atoms with Crippen molar-refractivity contribution in [2.45, 2.75) is 19.3 Å². The summed E-state index contributed by atoms with van der Waals surface area (Å²) in [5.41, 5.74) is 6.68. The van der Waals surface area contributed by atoms with Crippen molar-refractivity contribution in [3.63, 3.8) is 0 Å². The molecule has 0 aliphatic heterocycles. The molecule has 0 aromatic heterocycles. The second-order valence-electron chi connectivity index (χ2n) is 4.19. The van der Waals surface area contributed by atoms with Crippen LogP contribution in [0.25, 0.3) is 0 Å². The maximum absolute atomic E-state index is 12.4. The molecule has 0 fully saturated rings. The predicted molar refractivity (Wildman–Crippen MR) is 72.2 cm³/mol. The van der Waals surface area contributed by atoms with Gasteiger partial charge in [0.25, 0.3) is 0 Å². The van der Waals surface area contributed by atoms with E-state index in [4.69, 9.17) is 10.8 Å². The smallest absolute Gasteiger partial charge is 0.231 e. The Morgan fingerprint density at radius 2 is 2.06 bits per heavy atom. The van der Waals surface area contributed by atoms with Gasteiger partial charge in [-0.15, -0.1) is 0 Å². The van der Waals surface area contributed by atoms with Crippen LogP contribution < -0.4 is 5.73 Å². The molecule has 0 saturated heterocycles. The van der Waals surface area contributed by atoms with Gasteiger partial charge < -0.3 is 15.7 Å². The summed E-state index contributed by atoms with van der Waals surface area (Å²) in [5.74, 6) is -0.246. The number of hydrogen-bond acceptors (Lipinski definition) is 3. The van der Waals surface area contributed by atoms with Crippen LogP contribution in [0.4, 0.5) is 0 Å². The number of aliphatic hydroxyl groups is 1. The van der Waals surface area contributed by atoms with E-state index in [0.717, 1.165) is 5.56 Å². The molecule has 0 spiro atoms. The summed E-state index contributed by atoms with van der Waals surface area (Å²) in [6.07, 6.45) is 0.603. The van der Waals surface area contributed by atoms with Crippen molar-refractivity contribution >= 4 is 5.91 Å². The molecule has 0 heterocycles. The molecule has 1 aromatic carbocycles. The largest absolute Gasteiger partial charge is 0.396 e. The van der Waals surface area contributed by atoms with Crippen molar-refractivity contribution in [3.8, 4) is 0 Å². The third-order valence-electron chi connectivity index (χ3n) is 3.02. The lowest BCUT2D eigenvalue weighted by atomic mass is 9.97. The molecule has 4 heteroatoms. The summed E-state index contributed by atoms with van der Waals surface area (Å²) in [6.45, 7) is 3.56. The van der Waals surface area contributed by atoms with Gasteiger partial charge in [0.2, 0.25) is 5.91 Å². The average Bonchev–Trinajstić information content (AvgIpc) is 2.42. The van der Waals surface area contributed by atoms with Crippen molar-refractivity contribution in [2.75, 3.05) is 26.2 Å². The quantitative estimate of drug-likeness (QED) is 0.757. The Bertz CT molecular complexity index is 354. The fourth-order valence-electron chi connectivity index (χ4n) is 1.97. The van der Waals surface area contributed by atoms with Gasteiger partial charge in [-0.05, 0) is 18.9 Å². The van der Waals surface area contributed by atoms with Crippen LogP contribution in [0.1, 0.15) is 24.8 Å². The Morgan fingerprint density at radius 3 is 2.56 bits per heavy atom. The predicted octanol–water partition coefficient (Wildman–Crippen LogP) is 0.960. The van der Waals surface area contributed by atoms with E-state index >= 15 is 0 Å². The van der Waals surface area contributed by atoms with Gasteiger partial charge in [-0.1, -0.05) is 30.3 Å². The minimum absolute atomic E-state index is 0.0413. The number of carbonyl (C=O) groups excluding carboxylic acids is 1. The van der Waals surface area contributed by atoms with Gasteiger partial charge in [0.1, 0.15) is 0 Å². The van der Waals surface area contributed by atoms with E-state index in [1.54, 1.807) is 4.90 Å². The Hall–Kier alpha value is -1.39. The first-order valence-corrected chi connectivity index (χ1v) is 6.39. The van der Waals surface area contributed by atoms with Gasteiger partial charge in [0, 0.05) is 26.2 Å². The minimum atomic E-state index is -0.287. The highest BCUT2D eigenvalue weighted by atomic mass is 16.3. The molecule has 1 amide bonds. The molecule has 1 atom stereocenters. The molecule has 4 nitrogen and oxygen atoms in total. The van der Waals surface area contributed by atoms with Crippen molar-refractivity contribution < 1.29 is 9.90 Å². The second-order valence-corrected chi connectivity index (χ2v) is 4.19. The van der Waals surface area contributed by atoms with Gasteiger partial charge in [-0.3, -0.25) is 4.79 Å². The molecule has 0 aliphatic carbocycles. The lowest BCUT2D eigenvalue weighted by Crippen LogP contribution is -2.38. The van der Waals surface area contributed by atoms with Crippen LogP contribution in [0, 0.1) is 0 Å². The van der Waals surface area contributed by atoms with Crippen molar-refractivity contribution in [3.05, 3.63) is 35.9 Å². The molecule has 18 heavy (non-hydrogen) atoms. The number of carbonyl (C=O) groups is 1. The lowest BCUT2D eigenvalue weighted by molar-refractivity contribution is -0.132. The standard InChI is InChI=1S/C14H22N2O2/c1-2-16(9-6-10-17)14(18)13(11-15)12-7-4-3-5-8-12/h3-5,7-8,13,17H,2,6,9-11,15H2,1H3. The molecule has 0 radical (unpaired) electrons. The number of likely N-dealkylation sites (N-methyl/N-ethyl adjacent to an activating group) is 1. The summed E-state index contributed by atoms with van der Waals surface area (Å²) < 4.78 is 0. The maximum Gasteiger partial charge on any atom is 0.231 e. The van der Waals surface area contributed by atoms with Crippen molar-refractivity contribution in [1.29, 1.82) is 0 Å². The SMILES string of the molecule is CCN(CCCO)C(=O)C(CN)c1ccccc1. The number of hydrogen-bond donors (Lipinski definition) is 2. The Labute approximate surface area is 108 Å².